The second-order valence-corrected chi connectivity index (χ2v) is 5.25. The Morgan fingerprint density at radius 3 is 2.75 bits per heavy atom. The minimum absolute atomic E-state index is 0.256. The van der Waals surface area contributed by atoms with E-state index >= 15 is 0 Å². The van der Waals surface area contributed by atoms with Crippen LogP contribution in [0.2, 0.25) is 0 Å². The number of esters is 1. The Balaban J connectivity index is 1.88. The molecule has 0 saturated heterocycles. The van der Waals surface area contributed by atoms with E-state index in [0.29, 0.717) is 16.6 Å². The Bertz CT molecular complexity index is 889. The van der Waals surface area contributed by atoms with Crippen LogP contribution in [0.4, 0.5) is 0 Å². The molecular formula is C17H17N3O4. The van der Waals surface area contributed by atoms with Crippen molar-refractivity contribution < 1.29 is 19.1 Å². The van der Waals surface area contributed by atoms with Gasteiger partial charge in [0.05, 0.1) is 19.8 Å². The van der Waals surface area contributed by atoms with Gasteiger partial charge in [0.1, 0.15) is 23.4 Å². The van der Waals surface area contributed by atoms with Crippen molar-refractivity contribution in [2.75, 3.05) is 14.2 Å². The average molecular weight is 327 g/mol. The predicted molar refractivity (Wildman–Crippen MR) is 86.9 cm³/mol. The number of fused-ring (bicyclic) bond motifs is 1. The number of aryl methyl sites for hydroxylation is 1. The first-order valence-electron chi connectivity index (χ1n) is 7.33. The molecule has 0 saturated carbocycles. The van der Waals surface area contributed by atoms with Gasteiger partial charge in [-0.3, -0.25) is 0 Å². The fourth-order valence-corrected chi connectivity index (χ4v) is 2.39. The predicted octanol–water partition coefficient (Wildman–Crippen LogP) is 2.16. The topological polar surface area (TPSA) is 75.5 Å². The van der Waals surface area contributed by atoms with Crippen LogP contribution in [-0.2, 0) is 11.3 Å². The molecule has 0 radical (unpaired) electrons. The standard InChI is InChI=1S/C17H17N3O4/c1-11-4-7-16(22-2)13(8-11)10-24-20-15-9-12(17(21)23-3)5-6-14(15)18-19-20/h4-9H,10H2,1-3H3. The molecule has 0 N–H and O–H groups in total. The van der Waals surface area contributed by atoms with Gasteiger partial charge in [0, 0.05) is 5.56 Å². The van der Waals surface area contributed by atoms with Crippen LogP contribution >= 0.6 is 0 Å². The highest BCUT2D eigenvalue weighted by atomic mass is 16.7. The van der Waals surface area contributed by atoms with E-state index in [4.69, 9.17) is 14.3 Å². The van der Waals surface area contributed by atoms with Gasteiger partial charge in [-0.2, -0.15) is 0 Å². The molecule has 0 amide bonds. The number of carbonyl (C=O) groups is 1. The molecule has 0 aliphatic rings. The summed E-state index contributed by atoms with van der Waals surface area (Å²) < 4.78 is 10.1. The van der Waals surface area contributed by atoms with Crippen molar-refractivity contribution >= 4 is 17.0 Å². The Labute approximate surface area is 138 Å². The second-order valence-electron chi connectivity index (χ2n) is 5.25. The molecule has 0 unspecified atom stereocenters. The zero-order chi connectivity index (χ0) is 17.1. The lowest BCUT2D eigenvalue weighted by atomic mass is 10.1. The lowest BCUT2D eigenvalue weighted by molar-refractivity contribution is 0.0600. The fraction of sp³-hybridized carbons (Fsp3) is 0.235. The van der Waals surface area contributed by atoms with Gasteiger partial charge in [0.15, 0.2) is 0 Å². The highest BCUT2D eigenvalue weighted by Gasteiger charge is 2.12. The molecule has 1 aromatic heterocycles. The van der Waals surface area contributed by atoms with Crippen molar-refractivity contribution in [3.05, 3.63) is 53.1 Å². The first-order chi connectivity index (χ1) is 11.6. The SMILES string of the molecule is COC(=O)c1ccc2nnn(OCc3cc(C)ccc3OC)c2c1. The van der Waals surface area contributed by atoms with Gasteiger partial charge >= 0.3 is 5.97 Å². The van der Waals surface area contributed by atoms with Gasteiger partial charge in [0.25, 0.3) is 0 Å². The molecule has 1 heterocycles. The molecule has 0 aliphatic heterocycles. The van der Waals surface area contributed by atoms with Gasteiger partial charge < -0.3 is 14.3 Å². The first kappa shape index (κ1) is 15.8. The molecule has 24 heavy (non-hydrogen) atoms. The molecule has 3 aromatic rings. The van der Waals surface area contributed by atoms with E-state index in [1.165, 1.54) is 12.0 Å². The number of nitrogens with zero attached hydrogens (tertiary/aromatic N) is 3. The van der Waals surface area contributed by atoms with Crippen molar-refractivity contribution in [2.45, 2.75) is 13.5 Å². The molecule has 7 heteroatoms. The smallest absolute Gasteiger partial charge is 0.337 e. The van der Waals surface area contributed by atoms with E-state index in [1.54, 1.807) is 25.3 Å². The summed E-state index contributed by atoms with van der Waals surface area (Å²) >= 11 is 0. The van der Waals surface area contributed by atoms with Crippen molar-refractivity contribution in [3.8, 4) is 5.75 Å². The molecule has 2 aromatic carbocycles. The van der Waals surface area contributed by atoms with Crippen molar-refractivity contribution in [2.24, 2.45) is 0 Å². The molecule has 0 fully saturated rings. The van der Waals surface area contributed by atoms with Gasteiger partial charge in [-0.05, 0) is 42.5 Å². The Morgan fingerprint density at radius 2 is 2.00 bits per heavy atom. The lowest BCUT2D eigenvalue weighted by Crippen LogP contribution is -2.14. The molecule has 3 rings (SSSR count). The first-order valence-corrected chi connectivity index (χ1v) is 7.33. The summed E-state index contributed by atoms with van der Waals surface area (Å²) in [5.74, 6) is 0.310. The zero-order valence-corrected chi connectivity index (χ0v) is 13.6. The second kappa shape index (κ2) is 6.57. The van der Waals surface area contributed by atoms with Crippen molar-refractivity contribution in [1.29, 1.82) is 0 Å². The van der Waals surface area contributed by atoms with Crippen LogP contribution in [0.1, 0.15) is 21.5 Å². The summed E-state index contributed by atoms with van der Waals surface area (Å²) in [6.07, 6.45) is 0. The van der Waals surface area contributed by atoms with Crippen molar-refractivity contribution in [1.82, 2.24) is 15.2 Å². The van der Waals surface area contributed by atoms with E-state index in [9.17, 15) is 4.79 Å². The van der Waals surface area contributed by atoms with Gasteiger partial charge in [-0.1, -0.05) is 16.5 Å². The summed E-state index contributed by atoms with van der Waals surface area (Å²) in [5, 5.41) is 7.99. The largest absolute Gasteiger partial charge is 0.496 e. The minimum atomic E-state index is -0.426. The summed E-state index contributed by atoms with van der Waals surface area (Å²) in [5.41, 5.74) is 3.62. The number of aromatic nitrogens is 3. The number of benzene rings is 2. The maximum Gasteiger partial charge on any atom is 0.337 e. The van der Waals surface area contributed by atoms with E-state index in [1.807, 2.05) is 25.1 Å². The summed E-state index contributed by atoms with van der Waals surface area (Å²) in [6.45, 7) is 2.25. The molecule has 0 spiro atoms. The number of hydrogen-bond acceptors (Lipinski definition) is 6. The third kappa shape index (κ3) is 3.01. The van der Waals surface area contributed by atoms with E-state index in [-0.39, 0.29) is 6.61 Å². The maximum absolute atomic E-state index is 11.7. The lowest BCUT2D eigenvalue weighted by Gasteiger charge is -2.10. The maximum atomic E-state index is 11.7. The van der Waals surface area contributed by atoms with E-state index in [0.717, 1.165) is 16.9 Å². The monoisotopic (exact) mass is 327 g/mol. The Morgan fingerprint density at radius 1 is 1.17 bits per heavy atom. The van der Waals surface area contributed by atoms with Gasteiger partial charge in [-0.25, -0.2) is 4.79 Å². The summed E-state index contributed by atoms with van der Waals surface area (Å²) in [6, 6.07) is 10.8. The third-order valence-corrected chi connectivity index (χ3v) is 3.61. The van der Waals surface area contributed by atoms with E-state index in [2.05, 4.69) is 10.3 Å². The Kier molecular flexibility index (Phi) is 4.33. The van der Waals surface area contributed by atoms with E-state index < -0.39 is 5.97 Å². The number of carbonyl (C=O) groups excluding carboxylic acids is 1. The molecule has 0 atom stereocenters. The van der Waals surface area contributed by atoms with Gasteiger partial charge in [0.2, 0.25) is 0 Å². The highest BCUT2D eigenvalue weighted by Crippen LogP contribution is 2.20. The molecule has 124 valence electrons. The molecule has 0 aliphatic carbocycles. The quantitative estimate of drug-likeness (QED) is 0.669. The Hall–Kier alpha value is -3.09. The van der Waals surface area contributed by atoms with Crippen LogP contribution in [0.3, 0.4) is 0 Å². The fourth-order valence-electron chi connectivity index (χ4n) is 2.39. The van der Waals surface area contributed by atoms with Crippen LogP contribution in [-0.4, -0.2) is 35.3 Å². The van der Waals surface area contributed by atoms with Gasteiger partial charge in [-0.15, -0.1) is 5.10 Å². The van der Waals surface area contributed by atoms with Crippen molar-refractivity contribution in [3.63, 3.8) is 0 Å². The molecule has 7 nitrogen and oxygen atoms in total. The summed E-state index contributed by atoms with van der Waals surface area (Å²) in [4.78, 5) is 18.7. The van der Waals surface area contributed by atoms with Crippen LogP contribution in [0.25, 0.3) is 11.0 Å². The van der Waals surface area contributed by atoms with Crippen LogP contribution in [0.5, 0.6) is 5.75 Å². The normalized spacial score (nSPS) is 10.6. The zero-order valence-electron chi connectivity index (χ0n) is 13.6. The summed E-state index contributed by atoms with van der Waals surface area (Å²) in [7, 11) is 2.95. The number of hydrogen-bond donors (Lipinski definition) is 0. The van der Waals surface area contributed by atoms with Crippen LogP contribution in [0.15, 0.2) is 36.4 Å². The molecule has 0 bridgehead atoms. The number of methoxy groups -OCH3 is 2. The van der Waals surface area contributed by atoms with Crippen LogP contribution < -0.4 is 9.57 Å². The minimum Gasteiger partial charge on any atom is -0.496 e. The average Bonchev–Trinajstić information content (AvgIpc) is 3.01. The number of ether oxygens (including phenoxy) is 2. The van der Waals surface area contributed by atoms with Crippen LogP contribution in [0, 0.1) is 6.92 Å². The number of rotatable bonds is 5. The third-order valence-electron chi connectivity index (χ3n) is 3.61. The highest BCUT2D eigenvalue weighted by molar-refractivity contribution is 5.93. The molecular weight excluding hydrogens is 310 g/mol.